The maximum absolute atomic E-state index is 13.1. The van der Waals surface area contributed by atoms with Crippen molar-refractivity contribution in [1.82, 2.24) is 0 Å². The van der Waals surface area contributed by atoms with E-state index >= 15 is 0 Å². The van der Waals surface area contributed by atoms with Crippen LogP contribution in [0.3, 0.4) is 0 Å². The number of allylic oxidation sites excluding steroid dienone is 2. The number of aliphatic hydroxyl groups is 1. The van der Waals surface area contributed by atoms with Crippen molar-refractivity contribution >= 4 is 11.6 Å². The van der Waals surface area contributed by atoms with Gasteiger partial charge >= 0.3 is 0 Å². The van der Waals surface area contributed by atoms with E-state index in [4.69, 9.17) is 9.47 Å². The Labute approximate surface area is 154 Å². The lowest BCUT2D eigenvalue weighted by molar-refractivity contribution is -0.253. The number of hydrogen-bond acceptors (Lipinski definition) is 5. The molecule has 5 atom stereocenters. The maximum Gasteiger partial charge on any atom is 0.286 e. The highest BCUT2D eigenvalue weighted by atomic mass is 16.7. The van der Waals surface area contributed by atoms with Crippen molar-refractivity contribution in [1.29, 1.82) is 0 Å². The van der Waals surface area contributed by atoms with Gasteiger partial charge in [-0.25, -0.2) is 0 Å². The normalized spacial score (nSPS) is 46.7. The first-order valence-electron chi connectivity index (χ1n) is 9.53. The van der Waals surface area contributed by atoms with Crippen molar-refractivity contribution in [2.45, 2.75) is 77.6 Å². The molecule has 5 heteroatoms. The van der Waals surface area contributed by atoms with Crippen LogP contribution in [0.15, 0.2) is 23.7 Å². The van der Waals surface area contributed by atoms with Gasteiger partial charge in [-0.1, -0.05) is 19.9 Å². The van der Waals surface area contributed by atoms with Gasteiger partial charge in [-0.3, -0.25) is 9.59 Å². The fourth-order valence-corrected chi connectivity index (χ4v) is 5.76. The van der Waals surface area contributed by atoms with Gasteiger partial charge in [-0.05, 0) is 46.1 Å². The van der Waals surface area contributed by atoms with Crippen molar-refractivity contribution in [3.05, 3.63) is 23.7 Å². The van der Waals surface area contributed by atoms with Crippen LogP contribution < -0.4 is 0 Å². The molecule has 0 aromatic heterocycles. The number of ether oxygens (including phenoxy) is 2. The fourth-order valence-electron chi connectivity index (χ4n) is 5.76. The lowest BCUT2D eigenvalue weighted by Gasteiger charge is -2.64. The summed E-state index contributed by atoms with van der Waals surface area (Å²) in [4.78, 5) is 25.7. The molecule has 0 aromatic carbocycles. The molecule has 0 aromatic rings. The summed E-state index contributed by atoms with van der Waals surface area (Å²) in [7, 11) is 0. The molecule has 0 spiro atoms. The van der Waals surface area contributed by atoms with Crippen LogP contribution in [0.25, 0.3) is 0 Å². The van der Waals surface area contributed by atoms with Crippen LogP contribution in [0.2, 0.25) is 0 Å². The van der Waals surface area contributed by atoms with Gasteiger partial charge in [0.1, 0.15) is 11.7 Å². The Balaban J connectivity index is 1.85. The zero-order valence-electron chi connectivity index (χ0n) is 16.2. The number of hydrogen-bond donors (Lipinski definition) is 1. The summed E-state index contributed by atoms with van der Waals surface area (Å²) in [6.45, 7) is 9.65. The summed E-state index contributed by atoms with van der Waals surface area (Å²) < 4.78 is 12.1. The van der Waals surface area contributed by atoms with E-state index in [0.29, 0.717) is 37.2 Å². The predicted octanol–water partition coefficient (Wildman–Crippen LogP) is 3.07. The summed E-state index contributed by atoms with van der Waals surface area (Å²) in [5.74, 6) is -0.0122. The zero-order valence-corrected chi connectivity index (χ0v) is 16.2. The highest BCUT2D eigenvalue weighted by Crippen LogP contribution is 2.64. The Hall–Kier alpha value is -1.62. The minimum absolute atomic E-state index is 0.0246. The van der Waals surface area contributed by atoms with E-state index in [-0.39, 0.29) is 23.6 Å². The van der Waals surface area contributed by atoms with Crippen LogP contribution in [-0.4, -0.2) is 34.0 Å². The second kappa shape index (κ2) is 5.00. The van der Waals surface area contributed by atoms with Crippen molar-refractivity contribution < 1.29 is 24.2 Å². The third-order valence-electron chi connectivity index (χ3n) is 7.60. The first-order valence-corrected chi connectivity index (χ1v) is 9.53. The van der Waals surface area contributed by atoms with E-state index in [9.17, 15) is 14.7 Å². The van der Waals surface area contributed by atoms with Gasteiger partial charge in [0.05, 0.1) is 16.6 Å². The molecule has 1 N–H and O–H groups in total. The number of fused-ring (bicyclic) bond motifs is 3. The minimum atomic E-state index is -1.18. The SMILES string of the molecule is CC1CC(=O)C2=C(O1)OC1(C)CCC3(O)C(C)(C)C=CC(=O)C3(C)C1C2. The van der Waals surface area contributed by atoms with E-state index in [1.807, 2.05) is 40.7 Å². The molecule has 0 radical (unpaired) electrons. The summed E-state index contributed by atoms with van der Waals surface area (Å²) in [6, 6.07) is 0. The molecule has 4 aliphatic rings. The number of carbonyl (C=O) groups is 2. The molecule has 1 saturated carbocycles. The van der Waals surface area contributed by atoms with Gasteiger partial charge in [0.25, 0.3) is 5.95 Å². The Morgan fingerprint density at radius 1 is 1.12 bits per heavy atom. The lowest BCUT2D eigenvalue weighted by atomic mass is 9.43. The predicted molar refractivity (Wildman–Crippen MR) is 95.0 cm³/mol. The number of carbonyl (C=O) groups excluding carboxylic acids is 2. The van der Waals surface area contributed by atoms with Crippen molar-refractivity contribution in [2.75, 3.05) is 0 Å². The van der Waals surface area contributed by atoms with E-state index in [0.717, 1.165) is 0 Å². The van der Waals surface area contributed by atoms with E-state index in [1.54, 1.807) is 6.08 Å². The molecule has 142 valence electrons. The van der Waals surface area contributed by atoms with Crippen molar-refractivity contribution in [2.24, 2.45) is 16.7 Å². The molecule has 4 rings (SSSR count). The summed E-state index contributed by atoms with van der Waals surface area (Å²) >= 11 is 0. The lowest BCUT2D eigenvalue weighted by Crippen LogP contribution is -2.71. The summed E-state index contributed by atoms with van der Waals surface area (Å²) in [6.07, 6.45) is 5.03. The van der Waals surface area contributed by atoms with Crippen molar-refractivity contribution in [3.63, 3.8) is 0 Å². The maximum atomic E-state index is 13.1. The molecule has 0 saturated heterocycles. The number of rotatable bonds is 0. The van der Waals surface area contributed by atoms with E-state index in [1.165, 1.54) is 0 Å². The first kappa shape index (κ1) is 17.8. The Morgan fingerprint density at radius 2 is 1.81 bits per heavy atom. The molecule has 2 heterocycles. The van der Waals surface area contributed by atoms with Gasteiger partial charge in [0.15, 0.2) is 11.6 Å². The summed E-state index contributed by atoms with van der Waals surface area (Å²) in [5, 5.41) is 11.7. The molecule has 5 nitrogen and oxygen atoms in total. The minimum Gasteiger partial charge on any atom is -0.462 e. The average molecular weight is 360 g/mol. The quantitative estimate of drug-likeness (QED) is 0.719. The van der Waals surface area contributed by atoms with Crippen LogP contribution in [0.4, 0.5) is 0 Å². The standard InChI is InChI=1S/C21H28O5/c1-12-10-14(22)13-11-15-19(4,26-17(13)25-12)8-9-21(24)18(2,3)7-6-16(23)20(15,21)5/h6-7,12,15,24H,8-11H2,1-5H3. The number of Topliss-reactive ketones (excluding diaryl/α,β-unsaturated/α-hetero) is 1. The Bertz CT molecular complexity index is 762. The average Bonchev–Trinajstić information content (AvgIpc) is 2.54. The summed E-state index contributed by atoms with van der Waals surface area (Å²) in [5.41, 5.74) is -2.83. The topological polar surface area (TPSA) is 72.8 Å². The van der Waals surface area contributed by atoms with Gasteiger partial charge in [0.2, 0.25) is 0 Å². The third kappa shape index (κ3) is 1.95. The van der Waals surface area contributed by atoms with Crippen LogP contribution in [0.5, 0.6) is 0 Å². The third-order valence-corrected chi connectivity index (χ3v) is 7.60. The smallest absolute Gasteiger partial charge is 0.286 e. The van der Waals surface area contributed by atoms with Gasteiger partial charge in [-0.2, -0.15) is 0 Å². The van der Waals surface area contributed by atoms with Crippen LogP contribution >= 0.6 is 0 Å². The van der Waals surface area contributed by atoms with Crippen LogP contribution in [0.1, 0.15) is 60.3 Å². The molecular weight excluding hydrogens is 332 g/mol. The fraction of sp³-hybridized carbons (Fsp3) is 0.714. The largest absolute Gasteiger partial charge is 0.462 e. The molecule has 1 fully saturated rings. The number of ketones is 2. The molecular formula is C21H28O5. The molecule has 0 amide bonds. The second-order valence-electron chi connectivity index (χ2n) is 9.48. The van der Waals surface area contributed by atoms with Crippen LogP contribution in [0, 0.1) is 16.7 Å². The molecule has 0 bridgehead atoms. The van der Waals surface area contributed by atoms with E-state index in [2.05, 4.69) is 0 Å². The van der Waals surface area contributed by atoms with Crippen molar-refractivity contribution in [3.8, 4) is 0 Å². The van der Waals surface area contributed by atoms with E-state index < -0.39 is 22.0 Å². The van der Waals surface area contributed by atoms with Gasteiger partial charge in [-0.15, -0.1) is 0 Å². The molecule has 2 aliphatic carbocycles. The van der Waals surface area contributed by atoms with Crippen LogP contribution in [-0.2, 0) is 19.1 Å². The highest BCUT2D eigenvalue weighted by molar-refractivity contribution is 5.99. The van der Waals surface area contributed by atoms with Gasteiger partial charge in [0, 0.05) is 17.8 Å². The molecule has 5 unspecified atom stereocenters. The second-order valence-corrected chi connectivity index (χ2v) is 9.48. The molecule has 2 aliphatic heterocycles. The first-order chi connectivity index (χ1) is 11.9. The zero-order chi connectivity index (χ0) is 19.1. The Kier molecular flexibility index (Phi) is 3.42. The molecule has 26 heavy (non-hydrogen) atoms. The Morgan fingerprint density at radius 3 is 2.50 bits per heavy atom. The monoisotopic (exact) mass is 360 g/mol. The van der Waals surface area contributed by atoms with Gasteiger partial charge < -0.3 is 14.6 Å². The highest BCUT2D eigenvalue weighted by Gasteiger charge is 2.71.